The van der Waals surface area contributed by atoms with Crippen molar-refractivity contribution in [3.8, 4) is 0 Å². The Bertz CT molecular complexity index is 748. The predicted octanol–water partition coefficient (Wildman–Crippen LogP) is 3.45. The number of anilines is 1. The average molecular weight is 428 g/mol. The minimum atomic E-state index is -4.37. The molecule has 0 spiro atoms. The molecule has 1 aromatic rings. The van der Waals surface area contributed by atoms with Crippen LogP contribution in [0.15, 0.2) is 18.2 Å². The molecule has 3 rings (SSSR count). The Labute approximate surface area is 176 Å². The van der Waals surface area contributed by atoms with E-state index in [-0.39, 0.29) is 11.9 Å². The molecule has 0 aromatic heterocycles. The summed E-state index contributed by atoms with van der Waals surface area (Å²) in [4.78, 5) is 17.2. The standard InChI is InChI=1S/C22H32F3N3O2/c1-3-16-5-6-17(22(23,24)25)13-19(16)27-9-11-28(12-10-27)20(29)21(15-30-4-2)8-7-18(26)14-21/h5-6,13,18H,3-4,7-12,14-15,26H2,1-2H3/t18-,21+/m1/s1. The van der Waals surface area contributed by atoms with E-state index in [0.717, 1.165) is 24.5 Å². The number of carbonyl (C=O) groups excluding carboxylic acids is 1. The molecule has 2 fully saturated rings. The largest absolute Gasteiger partial charge is 0.416 e. The summed E-state index contributed by atoms with van der Waals surface area (Å²) in [6.45, 7) is 6.77. The Hall–Kier alpha value is -1.80. The molecule has 1 aliphatic carbocycles. The van der Waals surface area contributed by atoms with Crippen molar-refractivity contribution in [3.05, 3.63) is 29.3 Å². The van der Waals surface area contributed by atoms with Crippen molar-refractivity contribution in [3.63, 3.8) is 0 Å². The zero-order valence-corrected chi connectivity index (χ0v) is 17.8. The fraction of sp³-hybridized carbons (Fsp3) is 0.682. The minimum absolute atomic E-state index is 0.00733. The number of hydrogen-bond acceptors (Lipinski definition) is 4. The van der Waals surface area contributed by atoms with Gasteiger partial charge < -0.3 is 20.3 Å². The van der Waals surface area contributed by atoms with Gasteiger partial charge in [-0.05, 0) is 50.3 Å². The van der Waals surface area contributed by atoms with E-state index in [1.165, 1.54) is 6.07 Å². The summed E-state index contributed by atoms with van der Waals surface area (Å²) in [5.41, 5.74) is 6.40. The molecule has 30 heavy (non-hydrogen) atoms. The molecule has 5 nitrogen and oxygen atoms in total. The van der Waals surface area contributed by atoms with Crippen molar-refractivity contribution < 1.29 is 22.7 Å². The molecule has 1 heterocycles. The molecule has 2 atom stereocenters. The molecule has 168 valence electrons. The van der Waals surface area contributed by atoms with E-state index >= 15 is 0 Å². The third-order valence-corrected chi connectivity index (χ3v) is 6.38. The van der Waals surface area contributed by atoms with Crippen LogP contribution in [0.5, 0.6) is 0 Å². The fourth-order valence-electron chi connectivity index (χ4n) is 4.67. The van der Waals surface area contributed by atoms with Gasteiger partial charge in [-0.2, -0.15) is 13.2 Å². The molecule has 1 aromatic carbocycles. The normalized spacial score (nSPS) is 25.1. The smallest absolute Gasteiger partial charge is 0.381 e. The molecular weight excluding hydrogens is 395 g/mol. The second-order valence-electron chi connectivity index (χ2n) is 8.39. The molecule has 1 amide bonds. The summed E-state index contributed by atoms with van der Waals surface area (Å²) in [6.07, 6.45) is -1.56. The van der Waals surface area contributed by atoms with E-state index in [2.05, 4.69) is 0 Å². The van der Waals surface area contributed by atoms with Crippen LogP contribution < -0.4 is 10.6 Å². The number of amides is 1. The van der Waals surface area contributed by atoms with Crippen LogP contribution in [0.2, 0.25) is 0 Å². The zero-order chi connectivity index (χ0) is 21.9. The van der Waals surface area contributed by atoms with Gasteiger partial charge in [-0.1, -0.05) is 13.0 Å². The van der Waals surface area contributed by atoms with Crippen LogP contribution in [0.25, 0.3) is 0 Å². The molecule has 2 N–H and O–H groups in total. The second-order valence-corrected chi connectivity index (χ2v) is 8.39. The second kappa shape index (κ2) is 9.14. The SMILES string of the molecule is CCOC[C@]1(C(=O)N2CCN(c3cc(C(F)(F)F)ccc3CC)CC2)CC[C@@H](N)C1. The van der Waals surface area contributed by atoms with Crippen LogP contribution in [-0.2, 0) is 22.1 Å². The lowest BCUT2D eigenvalue weighted by Gasteiger charge is -2.41. The Morgan fingerprint density at radius 2 is 1.93 bits per heavy atom. The monoisotopic (exact) mass is 427 g/mol. The predicted molar refractivity (Wildman–Crippen MR) is 110 cm³/mol. The Kier molecular flexibility index (Phi) is 6.97. The zero-order valence-electron chi connectivity index (χ0n) is 17.8. The van der Waals surface area contributed by atoms with Crippen LogP contribution in [0.4, 0.5) is 18.9 Å². The number of carbonyl (C=O) groups is 1. The lowest BCUT2D eigenvalue weighted by atomic mass is 9.84. The van der Waals surface area contributed by atoms with E-state index in [4.69, 9.17) is 10.5 Å². The third-order valence-electron chi connectivity index (χ3n) is 6.38. The summed E-state index contributed by atoms with van der Waals surface area (Å²) in [5, 5.41) is 0. The number of halogens is 3. The highest BCUT2D eigenvalue weighted by atomic mass is 19.4. The summed E-state index contributed by atoms with van der Waals surface area (Å²) in [5.74, 6) is 0.0725. The first-order valence-corrected chi connectivity index (χ1v) is 10.8. The first-order valence-electron chi connectivity index (χ1n) is 10.8. The van der Waals surface area contributed by atoms with Crippen molar-refractivity contribution in [2.24, 2.45) is 11.1 Å². The summed E-state index contributed by atoms with van der Waals surface area (Å²) in [6, 6.07) is 3.95. The van der Waals surface area contributed by atoms with E-state index in [1.807, 2.05) is 23.6 Å². The van der Waals surface area contributed by atoms with Gasteiger partial charge in [0, 0.05) is 44.5 Å². The highest BCUT2D eigenvalue weighted by Gasteiger charge is 2.47. The van der Waals surface area contributed by atoms with Crippen LogP contribution >= 0.6 is 0 Å². The highest BCUT2D eigenvalue weighted by Crippen LogP contribution is 2.40. The molecule has 8 heteroatoms. The van der Waals surface area contributed by atoms with Crippen molar-refractivity contribution in [1.29, 1.82) is 0 Å². The Morgan fingerprint density at radius 1 is 1.23 bits per heavy atom. The van der Waals surface area contributed by atoms with Gasteiger partial charge in [0.2, 0.25) is 5.91 Å². The summed E-state index contributed by atoms with van der Waals surface area (Å²) in [7, 11) is 0. The lowest BCUT2D eigenvalue weighted by molar-refractivity contribution is -0.146. The topological polar surface area (TPSA) is 58.8 Å². The van der Waals surface area contributed by atoms with Crippen LogP contribution in [0.3, 0.4) is 0 Å². The fourth-order valence-corrected chi connectivity index (χ4v) is 4.67. The molecular formula is C22H32F3N3O2. The van der Waals surface area contributed by atoms with Gasteiger partial charge in [0.05, 0.1) is 17.6 Å². The number of nitrogens with zero attached hydrogens (tertiary/aromatic N) is 2. The van der Waals surface area contributed by atoms with Gasteiger partial charge in [0.25, 0.3) is 0 Å². The molecule has 1 aliphatic heterocycles. The Morgan fingerprint density at radius 3 is 2.47 bits per heavy atom. The summed E-state index contributed by atoms with van der Waals surface area (Å²) >= 11 is 0. The van der Waals surface area contributed by atoms with Crippen LogP contribution in [0, 0.1) is 5.41 Å². The first kappa shape index (κ1) is 22.9. The number of nitrogens with two attached hydrogens (primary N) is 1. The van der Waals surface area contributed by atoms with Crippen molar-refractivity contribution in [2.45, 2.75) is 51.7 Å². The van der Waals surface area contributed by atoms with Gasteiger partial charge in [-0.25, -0.2) is 0 Å². The summed E-state index contributed by atoms with van der Waals surface area (Å²) < 4.78 is 45.2. The average Bonchev–Trinajstić information content (AvgIpc) is 3.12. The van der Waals surface area contributed by atoms with E-state index in [9.17, 15) is 18.0 Å². The van der Waals surface area contributed by atoms with Crippen LogP contribution in [0.1, 0.15) is 44.2 Å². The number of piperazine rings is 1. The maximum absolute atomic E-state index is 13.3. The molecule has 0 radical (unpaired) electrons. The molecule has 2 aliphatic rings. The molecule has 1 saturated carbocycles. The number of rotatable bonds is 6. The molecule has 0 bridgehead atoms. The Balaban J connectivity index is 1.72. The number of aryl methyl sites for hydroxylation is 1. The van der Waals surface area contributed by atoms with Gasteiger partial charge in [-0.3, -0.25) is 4.79 Å². The third kappa shape index (κ3) is 4.75. The number of alkyl halides is 3. The van der Waals surface area contributed by atoms with E-state index < -0.39 is 17.2 Å². The molecule has 1 saturated heterocycles. The van der Waals surface area contributed by atoms with Crippen molar-refractivity contribution in [1.82, 2.24) is 4.90 Å². The van der Waals surface area contributed by atoms with E-state index in [1.54, 1.807) is 6.07 Å². The van der Waals surface area contributed by atoms with E-state index in [0.29, 0.717) is 57.9 Å². The quantitative estimate of drug-likeness (QED) is 0.756. The number of hydrogen-bond donors (Lipinski definition) is 1. The molecule has 0 unspecified atom stereocenters. The minimum Gasteiger partial charge on any atom is -0.381 e. The maximum atomic E-state index is 13.3. The number of benzene rings is 1. The van der Waals surface area contributed by atoms with Gasteiger partial charge in [0.15, 0.2) is 0 Å². The van der Waals surface area contributed by atoms with Gasteiger partial charge in [0.1, 0.15) is 0 Å². The van der Waals surface area contributed by atoms with Crippen molar-refractivity contribution in [2.75, 3.05) is 44.3 Å². The lowest BCUT2D eigenvalue weighted by Crippen LogP contribution is -2.54. The maximum Gasteiger partial charge on any atom is 0.416 e. The first-order chi connectivity index (χ1) is 14.2. The highest BCUT2D eigenvalue weighted by molar-refractivity contribution is 5.83. The van der Waals surface area contributed by atoms with Crippen LogP contribution in [-0.4, -0.2) is 56.2 Å². The van der Waals surface area contributed by atoms with Gasteiger partial charge in [-0.15, -0.1) is 0 Å². The number of ether oxygens (including phenoxy) is 1. The van der Waals surface area contributed by atoms with Crippen molar-refractivity contribution >= 4 is 11.6 Å². The van der Waals surface area contributed by atoms with Gasteiger partial charge >= 0.3 is 6.18 Å².